The highest BCUT2D eigenvalue weighted by Crippen LogP contribution is 2.36. The van der Waals surface area contributed by atoms with Crippen LogP contribution in [0.1, 0.15) is 64.2 Å². The second-order valence-electron chi connectivity index (χ2n) is 8.95. The lowest BCUT2D eigenvalue weighted by atomic mass is 10.0. The van der Waals surface area contributed by atoms with Crippen molar-refractivity contribution >= 4 is 41.5 Å². The summed E-state index contributed by atoms with van der Waals surface area (Å²) in [4.78, 5) is 67.2. The number of hydrogen-bond donors (Lipinski definition) is 1. The van der Waals surface area contributed by atoms with Gasteiger partial charge in [-0.2, -0.15) is 11.8 Å². The first-order valence-electron chi connectivity index (χ1n) is 11.7. The highest BCUT2D eigenvalue weighted by Gasteiger charge is 2.46. The fraction of sp³-hybridized carbons (Fsp3) is 0.773. The number of thioether (sulfide) groups is 1. The monoisotopic (exact) mass is 482 g/mol. The number of hydroxylamine groups is 2. The molecule has 3 heterocycles. The largest absolute Gasteiger partial charge is 0.346 e. The Balaban J connectivity index is 1.21. The molecule has 0 aromatic rings. The van der Waals surface area contributed by atoms with E-state index >= 15 is 0 Å². The molecular weight excluding hydrogens is 448 g/mol. The lowest BCUT2D eigenvalue weighted by molar-refractivity contribution is -0.197. The molecule has 3 rings (SSSR count). The lowest BCUT2D eigenvalue weighted by Gasteiger charge is -2.23. The van der Waals surface area contributed by atoms with E-state index < -0.39 is 17.8 Å². The van der Waals surface area contributed by atoms with E-state index in [-0.39, 0.29) is 43.3 Å². The predicted molar refractivity (Wildman–Crippen MR) is 122 cm³/mol. The van der Waals surface area contributed by atoms with Crippen molar-refractivity contribution in [3.05, 3.63) is 0 Å². The van der Waals surface area contributed by atoms with Crippen LogP contribution in [0, 0.1) is 0 Å². The summed E-state index contributed by atoms with van der Waals surface area (Å²) in [6.07, 6.45) is 5.71. The van der Waals surface area contributed by atoms with Crippen molar-refractivity contribution in [1.29, 1.82) is 0 Å². The van der Waals surface area contributed by atoms with Gasteiger partial charge in [0.25, 0.3) is 11.8 Å². The first kappa shape index (κ1) is 25.3. The molecular formula is C22H34N4O6S. The summed E-state index contributed by atoms with van der Waals surface area (Å²) in [5.41, 5.74) is 0. The van der Waals surface area contributed by atoms with Crippen LogP contribution in [0.2, 0.25) is 0 Å². The Kier molecular flexibility index (Phi) is 8.99. The Hall–Kier alpha value is -2.30. The van der Waals surface area contributed by atoms with Crippen LogP contribution in [0.3, 0.4) is 0 Å². The maximum Gasteiger partial charge on any atom is 0.333 e. The van der Waals surface area contributed by atoms with E-state index in [1.165, 1.54) is 0 Å². The number of urea groups is 1. The van der Waals surface area contributed by atoms with E-state index in [9.17, 15) is 24.0 Å². The summed E-state index contributed by atoms with van der Waals surface area (Å²) in [6, 6.07) is 0.521. The van der Waals surface area contributed by atoms with Crippen molar-refractivity contribution in [3.63, 3.8) is 0 Å². The molecule has 11 heteroatoms. The molecule has 0 radical (unpaired) electrons. The Morgan fingerprint density at radius 3 is 2.48 bits per heavy atom. The third kappa shape index (κ3) is 6.61. The van der Waals surface area contributed by atoms with Crippen LogP contribution in [-0.2, 0) is 24.0 Å². The molecule has 3 aliphatic rings. The smallest absolute Gasteiger partial charge is 0.333 e. The van der Waals surface area contributed by atoms with Crippen molar-refractivity contribution < 1.29 is 28.8 Å². The summed E-state index contributed by atoms with van der Waals surface area (Å²) in [5.74, 6) is -0.458. The minimum absolute atomic E-state index is 0.0146. The van der Waals surface area contributed by atoms with Gasteiger partial charge < -0.3 is 20.0 Å². The number of rotatable bonds is 12. The Bertz CT molecular complexity index is 762. The normalized spacial score (nSPS) is 24.3. The zero-order valence-corrected chi connectivity index (χ0v) is 20.2. The average molecular weight is 483 g/mol. The SMILES string of the molecule is CN(CCCCCC(=O)ON1C(=O)CCC1=O)C(=O)CCCC[C@@H]1SCC2NC(=O)N(C)C21. The summed E-state index contributed by atoms with van der Waals surface area (Å²) in [5, 5.41) is 4.03. The van der Waals surface area contributed by atoms with Crippen LogP contribution in [0.5, 0.6) is 0 Å². The Labute approximate surface area is 198 Å². The number of nitrogens with one attached hydrogen (secondary N) is 1. The maximum atomic E-state index is 12.4. The quantitative estimate of drug-likeness (QED) is 0.256. The molecule has 0 aliphatic carbocycles. The number of fused-ring (bicyclic) bond motifs is 1. The van der Waals surface area contributed by atoms with Crippen LogP contribution < -0.4 is 5.32 Å². The topological polar surface area (TPSA) is 116 Å². The number of hydrogen-bond acceptors (Lipinski definition) is 7. The highest BCUT2D eigenvalue weighted by molar-refractivity contribution is 8.00. The number of imide groups is 1. The van der Waals surface area contributed by atoms with E-state index in [2.05, 4.69) is 5.32 Å². The molecule has 0 saturated carbocycles. The molecule has 1 N–H and O–H groups in total. The van der Waals surface area contributed by atoms with Crippen LogP contribution in [0.15, 0.2) is 0 Å². The first-order chi connectivity index (χ1) is 15.8. The zero-order chi connectivity index (χ0) is 24.0. The van der Waals surface area contributed by atoms with Crippen molar-refractivity contribution in [2.45, 2.75) is 81.5 Å². The number of nitrogens with zero attached hydrogens (tertiary/aromatic N) is 3. The van der Waals surface area contributed by atoms with Gasteiger partial charge in [-0.15, -0.1) is 5.06 Å². The van der Waals surface area contributed by atoms with Gasteiger partial charge in [-0.3, -0.25) is 14.4 Å². The van der Waals surface area contributed by atoms with Gasteiger partial charge in [0.05, 0.1) is 12.1 Å². The molecule has 0 aromatic heterocycles. The number of likely N-dealkylation sites (N-methyl/N-ethyl adjacent to an activating group) is 1. The summed E-state index contributed by atoms with van der Waals surface area (Å²) >= 11 is 1.91. The van der Waals surface area contributed by atoms with Gasteiger partial charge in [-0.25, -0.2) is 9.59 Å². The second-order valence-corrected chi connectivity index (χ2v) is 10.2. The third-order valence-electron chi connectivity index (χ3n) is 6.49. The van der Waals surface area contributed by atoms with Crippen molar-refractivity contribution in [2.75, 3.05) is 26.4 Å². The molecule has 3 saturated heterocycles. The fourth-order valence-electron chi connectivity index (χ4n) is 4.52. The van der Waals surface area contributed by atoms with E-state index in [1.54, 1.807) is 11.9 Å². The molecule has 10 nitrogen and oxygen atoms in total. The first-order valence-corrected chi connectivity index (χ1v) is 12.8. The number of carbonyl (C=O) groups excluding carboxylic acids is 5. The molecule has 2 unspecified atom stereocenters. The van der Waals surface area contributed by atoms with Gasteiger partial charge in [-0.1, -0.05) is 12.8 Å². The Morgan fingerprint density at radius 1 is 1.06 bits per heavy atom. The van der Waals surface area contributed by atoms with Crippen LogP contribution in [0.25, 0.3) is 0 Å². The van der Waals surface area contributed by atoms with Gasteiger partial charge in [0.1, 0.15) is 0 Å². The number of unbranched alkanes of at least 4 members (excludes halogenated alkanes) is 3. The van der Waals surface area contributed by atoms with Crippen LogP contribution in [0.4, 0.5) is 4.79 Å². The molecule has 5 amide bonds. The maximum absolute atomic E-state index is 12.4. The van der Waals surface area contributed by atoms with Gasteiger partial charge in [0.2, 0.25) is 5.91 Å². The van der Waals surface area contributed by atoms with Crippen molar-refractivity contribution in [3.8, 4) is 0 Å². The van der Waals surface area contributed by atoms with Crippen molar-refractivity contribution in [1.82, 2.24) is 20.2 Å². The molecule has 0 aromatic carbocycles. The lowest BCUT2D eigenvalue weighted by Crippen LogP contribution is -2.38. The number of amides is 5. The second kappa shape index (κ2) is 11.7. The number of carbonyl (C=O) groups is 5. The summed E-state index contributed by atoms with van der Waals surface area (Å²) in [7, 11) is 3.65. The molecule has 0 spiro atoms. The van der Waals surface area contributed by atoms with Crippen LogP contribution in [-0.4, -0.2) is 88.3 Å². The summed E-state index contributed by atoms with van der Waals surface area (Å²) in [6.45, 7) is 0.623. The molecule has 0 bridgehead atoms. The third-order valence-corrected chi connectivity index (χ3v) is 7.98. The van der Waals surface area contributed by atoms with Gasteiger partial charge in [0, 0.05) is 57.3 Å². The molecule has 184 valence electrons. The molecule has 3 aliphatic heterocycles. The predicted octanol–water partition coefficient (Wildman–Crippen LogP) is 1.68. The fourth-order valence-corrected chi connectivity index (χ4v) is 6.16. The van der Waals surface area contributed by atoms with E-state index in [0.29, 0.717) is 29.7 Å². The van der Waals surface area contributed by atoms with Gasteiger partial charge >= 0.3 is 12.0 Å². The van der Waals surface area contributed by atoms with E-state index in [1.807, 2.05) is 23.7 Å². The summed E-state index contributed by atoms with van der Waals surface area (Å²) < 4.78 is 0. The van der Waals surface area contributed by atoms with E-state index in [4.69, 9.17) is 4.84 Å². The van der Waals surface area contributed by atoms with E-state index in [0.717, 1.165) is 37.9 Å². The van der Waals surface area contributed by atoms with Crippen molar-refractivity contribution in [2.24, 2.45) is 0 Å². The highest BCUT2D eigenvalue weighted by atomic mass is 32.2. The van der Waals surface area contributed by atoms with Crippen LogP contribution >= 0.6 is 11.8 Å². The minimum atomic E-state index is -0.585. The standard InChI is InChI=1S/C22H34N4O6S/c1-24(13-7-3-4-10-20(30)32-26-18(28)11-12-19(26)29)17(27)9-6-5-8-16-21-15(14-33-16)23-22(31)25(21)2/h15-16,21H,3-14H2,1-2H3,(H,23,31)/t15?,16-,21?/m0/s1. The zero-order valence-electron chi connectivity index (χ0n) is 19.4. The van der Waals surface area contributed by atoms with Gasteiger partial charge in [-0.05, 0) is 25.7 Å². The molecule has 3 fully saturated rings. The average Bonchev–Trinajstić information content (AvgIpc) is 3.41. The molecule has 3 atom stereocenters. The van der Waals surface area contributed by atoms with Gasteiger partial charge in [0.15, 0.2) is 0 Å². The minimum Gasteiger partial charge on any atom is -0.346 e. The Morgan fingerprint density at radius 2 is 1.76 bits per heavy atom. The molecule has 33 heavy (non-hydrogen) atoms.